The Hall–Kier alpha value is -0.720. The SMILES string of the molecule is [14CH3]n1cnc2ncnc(I)c21. The van der Waals surface area contributed by atoms with Gasteiger partial charge in [0.25, 0.3) is 0 Å². The summed E-state index contributed by atoms with van der Waals surface area (Å²) in [4.78, 5) is 12.2. The Morgan fingerprint density at radius 1 is 1.36 bits per heavy atom. The van der Waals surface area contributed by atoms with Gasteiger partial charge >= 0.3 is 0 Å². The van der Waals surface area contributed by atoms with Gasteiger partial charge in [-0.05, 0) is 22.6 Å². The summed E-state index contributed by atoms with van der Waals surface area (Å²) in [5.41, 5.74) is 1.75. The van der Waals surface area contributed by atoms with Crippen LogP contribution in [0.25, 0.3) is 11.2 Å². The quantitative estimate of drug-likeness (QED) is 0.524. The Morgan fingerprint density at radius 3 is 2.91 bits per heavy atom. The molecule has 0 aromatic carbocycles. The second-order valence-corrected chi connectivity index (χ2v) is 3.21. The van der Waals surface area contributed by atoms with Crippen LogP contribution in [0.3, 0.4) is 0 Å². The zero-order valence-corrected chi connectivity index (χ0v) is 7.98. The number of hydrogen-bond acceptors (Lipinski definition) is 3. The van der Waals surface area contributed by atoms with E-state index < -0.39 is 0 Å². The highest BCUT2D eigenvalue weighted by molar-refractivity contribution is 14.1. The first-order valence-corrected chi connectivity index (χ1v) is 4.14. The average Bonchev–Trinajstić information content (AvgIpc) is 2.34. The number of aryl methyl sites for hydroxylation is 1. The lowest BCUT2D eigenvalue weighted by molar-refractivity contribution is 0.940. The fourth-order valence-corrected chi connectivity index (χ4v) is 1.69. The third kappa shape index (κ3) is 0.991. The molecule has 0 atom stereocenters. The van der Waals surface area contributed by atoms with Crippen molar-refractivity contribution in [3.05, 3.63) is 16.4 Å². The lowest BCUT2D eigenvalue weighted by Gasteiger charge is -1.93. The van der Waals surface area contributed by atoms with Crippen molar-refractivity contribution in [1.82, 2.24) is 19.5 Å². The Balaban J connectivity index is 2.96. The van der Waals surface area contributed by atoms with Crippen LogP contribution < -0.4 is 0 Å². The molecule has 2 aromatic heterocycles. The molecule has 0 fully saturated rings. The highest BCUT2D eigenvalue weighted by Gasteiger charge is 2.03. The van der Waals surface area contributed by atoms with Gasteiger partial charge in [0.15, 0.2) is 5.65 Å². The predicted octanol–water partition coefficient (Wildman–Crippen LogP) is 0.968. The van der Waals surface area contributed by atoms with Crippen LogP contribution in [0.2, 0.25) is 0 Å². The Morgan fingerprint density at radius 2 is 2.18 bits per heavy atom. The van der Waals surface area contributed by atoms with Gasteiger partial charge in [-0.25, -0.2) is 15.0 Å². The molecular weight excluding hydrogens is 257 g/mol. The molecule has 5 heteroatoms. The zero-order valence-electron chi connectivity index (χ0n) is 5.82. The van der Waals surface area contributed by atoms with Gasteiger partial charge in [0, 0.05) is 7.05 Å². The molecular formula is C6H5IN4. The van der Waals surface area contributed by atoms with E-state index in [-0.39, 0.29) is 0 Å². The van der Waals surface area contributed by atoms with Crippen molar-refractivity contribution in [3.8, 4) is 0 Å². The first-order valence-electron chi connectivity index (χ1n) is 3.06. The van der Waals surface area contributed by atoms with Crippen LogP contribution in [0, 0.1) is 3.70 Å². The maximum atomic E-state index is 4.09. The third-order valence-electron chi connectivity index (χ3n) is 1.46. The molecule has 0 aliphatic rings. The van der Waals surface area contributed by atoms with Crippen molar-refractivity contribution >= 4 is 33.8 Å². The summed E-state index contributed by atoms with van der Waals surface area (Å²) in [7, 11) is 1.93. The van der Waals surface area contributed by atoms with Crippen LogP contribution >= 0.6 is 22.6 Å². The monoisotopic (exact) mass is 262 g/mol. The van der Waals surface area contributed by atoms with Gasteiger partial charge in [-0.15, -0.1) is 0 Å². The highest BCUT2D eigenvalue weighted by atomic mass is 127. The molecule has 0 saturated heterocycles. The molecule has 2 rings (SSSR count). The van der Waals surface area contributed by atoms with Crippen LogP contribution in [0.4, 0.5) is 0 Å². The normalized spacial score (nSPS) is 10.7. The standard InChI is InChI=1S/C6H5IN4/c1-11-3-10-6-4(11)5(7)8-2-9-6/h2-3H,1H3/i1+2. The summed E-state index contributed by atoms with van der Waals surface area (Å²) in [5, 5.41) is 0. The first-order chi connectivity index (χ1) is 5.29. The van der Waals surface area contributed by atoms with Crippen LogP contribution in [-0.2, 0) is 7.05 Å². The lowest BCUT2D eigenvalue weighted by atomic mass is 10.6. The number of imidazole rings is 1. The number of nitrogens with zero attached hydrogens (tertiary/aromatic N) is 4. The van der Waals surface area contributed by atoms with E-state index in [1.165, 1.54) is 6.33 Å². The third-order valence-corrected chi connectivity index (χ3v) is 2.25. The molecule has 0 aliphatic heterocycles. The number of hydrogen-bond donors (Lipinski definition) is 0. The second kappa shape index (κ2) is 2.40. The van der Waals surface area contributed by atoms with E-state index in [4.69, 9.17) is 0 Å². The molecule has 0 N–H and O–H groups in total. The van der Waals surface area contributed by atoms with Crippen LogP contribution in [0.5, 0.6) is 0 Å². The molecule has 0 radical (unpaired) electrons. The molecule has 0 unspecified atom stereocenters. The van der Waals surface area contributed by atoms with Crippen LogP contribution in [0.1, 0.15) is 0 Å². The van der Waals surface area contributed by atoms with Gasteiger partial charge in [-0.2, -0.15) is 0 Å². The summed E-state index contributed by atoms with van der Waals surface area (Å²) in [6, 6.07) is 0. The molecule has 0 saturated carbocycles. The van der Waals surface area contributed by atoms with Crippen LogP contribution in [-0.4, -0.2) is 19.5 Å². The summed E-state index contributed by atoms with van der Waals surface area (Å²) < 4.78 is 2.85. The van der Waals surface area contributed by atoms with Crippen molar-refractivity contribution in [2.75, 3.05) is 0 Å². The van der Waals surface area contributed by atoms with Crippen molar-refractivity contribution in [3.63, 3.8) is 0 Å². The Labute approximate surface area is 76.8 Å². The summed E-state index contributed by atoms with van der Waals surface area (Å²) in [6.07, 6.45) is 3.26. The minimum absolute atomic E-state index is 0.756. The topological polar surface area (TPSA) is 43.6 Å². The average molecular weight is 262 g/mol. The molecule has 0 spiro atoms. The molecule has 2 aromatic rings. The van der Waals surface area contributed by atoms with Gasteiger partial charge in [-0.1, -0.05) is 0 Å². The van der Waals surface area contributed by atoms with E-state index in [9.17, 15) is 0 Å². The van der Waals surface area contributed by atoms with Crippen molar-refractivity contribution in [2.45, 2.75) is 0 Å². The van der Waals surface area contributed by atoms with E-state index in [1.54, 1.807) is 6.33 Å². The zero-order chi connectivity index (χ0) is 7.84. The number of fused-ring (bicyclic) bond motifs is 1. The Kier molecular flexibility index (Phi) is 1.52. The van der Waals surface area contributed by atoms with Gasteiger partial charge in [0.05, 0.1) is 6.33 Å². The van der Waals surface area contributed by atoms with Crippen LogP contribution in [0.15, 0.2) is 12.7 Å². The molecule has 11 heavy (non-hydrogen) atoms. The summed E-state index contributed by atoms with van der Waals surface area (Å²) in [6.45, 7) is 0. The van der Waals surface area contributed by atoms with Crippen molar-refractivity contribution < 1.29 is 0 Å². The van der Waals surface area contributed by atoms with Crippen molar-refractivity contribution in [2.24, 2.45) is 7.05 Å². The smallest absolute Gasteiger partial charge is 0.181 e. The van der Waals surface area contributed by atoms with E-state index in [0.717, 1.165) is 14.9 Å². The molecule has 0 bridgehead atoms. The highest BCUT2D eigenvalue weighted by Crippen LogP contribution is 2.13. The molecule has 0 aliphatic carbocycles. The van der Waals surface area contributed by atoms with Gasteiger partial charge in [0.2, 0.25) is 0 Å². The van der Waals surface area contributed by atoms with Crippen molar-refractivity contribution in [1.29, 1.82) is 0 Å². The minimum atomic E-state index is 0.756. The summed E-state index contributed by atoms with van der Waals surface area (Å²) in [5.74, 6) is 0. The Bertz CT molecular complexity index is 394. The fourth-order valence-electron chi connectivity index (χ4n) is 0.946. The molecule has 56 valence electrons. The second-order valence-electron chi connectivity index (χ2n) is 2.19. The van der Waals surface area contributed by atoms with Gasteiger partial charge < -0.3 is 4.57 Å². The van der Waals surface area contributed by atoms with E-state index in [0.29, 0.717) is 0 Å². The maximum absolute atomic E-state index is 4.09. The number of halogens is 1. The molecule has 2 heterocycles. The largest absolute Gasteiger partial charge is 0.330 e. The lowest BCUT2D eigenvalue weighted by Crippen LogP contribution is -1.90. The number of rotatable bonds is 0. The molecule has 0 amide bonds. The molecule has 4 nitrogen and oxygen atoms in total. The minimum Gasteiger partial charge on any atom is -0.330 e. The van der Waals surface area contributed by atoms with E-state index >= 15 is 0 Å². The van der Waals surface area contributed by atoms with Gasteiger partial charge in [-0.3, -0.25) is 0 Å². The fraction of sp³-hybridized carbons (Fsp3) is 0.167. The maximum Gasteiger partial charge on any atom is 0.181 e. The van der Waals surface area contributed by atoms with Gasteiger partial charge in [0.1, 0.15) is 15.5 Å². The van der Waals surface area contributed by atoms with E-state index in [2.05, 4.69) is 37.5 Å². The number of aromatic nitrogens is 4. The predicted molar refractivity (Wildman–Crippen MR) is 49.0 cm³/mol. The summed E-state index contributed by atoms with van der Waals surface area (Å²) >= 11 is 2.17. The first kappa shape index (κ1) is 6.96. The van der Waals surface area contributed by atoms with E-state index in [1.807, 2.05) is 11.6 Å².